The van der Waals surface area contributed by atoms with E-state index in [1.165, 1.54) is 38.5 Å². The molecule has 80 heavy (non-hydrogen) atoms. The summed E-state index contributed by atoms with van der Waals surface area (Å²) in [6.07, 6.45) is 20.2. The van der Waals surface area contributed by atoms with Crippen molar-refractivity contribution in [3.05, 3.63) is 12.2 Å². The quantitative estimate of drug-likeness (QED) is 0.0233. The molecule has 15 heteroatoms. The van der Waals surface area contributed by atoms with Crippen molar-refractivity contribution in [2.24, 2.45) is 41.4 Å². The van der Waals surface area contributed by atoms with Gasteiger partial charge in [-0.25, -0.2) is 0 Å². The van der Waals surface area contributed by atoms with E-state index in [9.17, 15) is 40.2 Å². The van der Waals surface area contributed by atoms with Gasteiger partial charge >= 0.3 is 11.9 Å². The first-order valence-corrected chi connectivity index (χ1v) is 32.3. The van der Waals surface area contributed by atoms with Crippen molar-refractivity contribution < 1.29 is 73.4 Å². The maximum absolute atomic E-state index is 14.2. The summed E-state index contributed by atoms with van der Waals surface area (Å²) in [7, 11) is 0. The van der Waals surface area contributed by atoms with Gasteiger partial charge in [0.1, 0.15) is 11.7 Å². The maximum Gasteiger partial charge on any atom is 0.308 e. The minimum atomic E-state index is -2.06. The van der Waals surface area contributed by atoms with Crippen molar-refractivity contribution in [2.45, 2.75) is 346 Å². The highest BCUT2D eigenvalue weighted by Gasteiger charge is 2.68. The Kier molecular flexibility index (Phi) is 24.5. The number of ether oxygens (including phenoxy) is 7. The molecule has 0 unspecified atom stereocenters. The summed E-state index contributed by atoms with van der Waals surface area (Å²) >= 11 is 0. The molecule has 464 valence electrons. The first-order chi connectivity index (χ1) is 37.7. The molecule has 6 aliphatic rings. The third-order valence-corrected chi connectivity index (χ3v) is 20.8. The van der Waals surface area contributed by atoms with E-state index in [0.29, 0.717) is 77.0 Å². The summed E-state index contributed by atoms with van der Waals surface area (Å²) in [5, 5.41) is 71.2. The second-order valence-corrected chi connectivity index (χ2v) is 27.6. The van der Waals surface area contributed by atoms with Crippen LogP contribution in [0.5, 0.6) is 0 Å². The lowest BCUT2D eigenvalue weighted by Crippen LogP contribution is -2.64. The molecule has 15 nitrogen and oxygen atoms in total. The predicted molar refractivity (Wildman–Crippen MR) is 308 cm³/mol. The van der Waals surface area contributed by atoms with Gasteiger partial charge < -0.3 is 63.8 Å². The average molecular weight is 1140 g/mol. The van der Waals surface area contributed by atoms with Crippen LogP contribution in [-0.2, 0) is 42.7 Å². The minimum absolute atomic E-state index is 0.0160. The highest BCUT2D eigenvalue weighted by Crippen LogP contribution is 2.56. The lowest BCUT2D eigenvalue weighted by Gasteiger charge is -2.52. The van der Waals surface area contributed by atoms with Crippen LogP contribution in [0, 0.1) is 41.4 Å². The Hall–Kier alpha value is -1.76. The maximum atomic E-state index is 14.2. The number of aliphatic hydroxyl groups is 5. The number of unbranched alkanes of at least 4 members (excludes halogenated alkanes) is 11. The van der Waals surface area contributed by atoms with Gasteiger partial charge in [0, 0.05) is 36.5 Å². The highest BCUT2D eigenvalue weighted by atomic mass is 16.7. The molecular formula is C65H114O15. The Morgan fingerprint density at radius 3 is 2.00 bits per heavy atom. The first kappa shape index (κ1) is 67.4. The molecule has 6 aliphatic heterocycles. The molecule has 0 aromatic heterocycles. The molecule has 22 atom stereocenters. The molecule has 0 saturated carbocycles. The van der Waals surface area contributed by atoms with Gasteiger partial charge in [0.15, 0.2) is 17.7 Å². The van der Waals surface area contributed by atoms with Gasteiger partial charge in [-0.2, -0.15) is 0 Å². The third-order valence-electron chi connectivity index (χ3n) is 20.8. The summed E-state index contributed by atoms with van der Waals surface area (Å²) in [5.74, 6) is -9.24. The smallest absolute Gasteiger partial charge is 0.308 e. The fourth-order valence-electron chi connectivity index (χ4n) is 15.0. The predicted octanol–water partition coefficient (Wildman–Crippen LogP) is 12.0. The Morgan fingerprint density at radius 1 is 0.700 bits per heavy atom. The molecule has 6 rings (SSSR count). The van der Waals surface area contributed by atoms with Gasteiger partial charge in [0.2, 0.25) is 5.79 Å². The zero-order valence-corrected chi connectivity index (χ0v) is 51.8. The van der Waals surface area contributed by atoms with Crippen molar-refractivity contribution in [3.8, 4) is 0 Å². The molecule has 0 aromatic rings. The van der Waals surface area contributed by atoms with Crippen molar-refractivity contribution in [3.63, 3.8) is 0 Å². The molecule has 0 aliphatic carbocycles. The van der Waals surface area contributed by atoms with E-state index in [4.69, 9.17) is 33.2 Å². The number of hydrogen-bond donors (Lipinski definition) is 6. The second kappa shape index (κ2) is 29.1. The van der Waals surface area contributed by atoms with Crippen LogP contribution in [0.3, 0.4) is 0 Å². The van der Waals surface area contributed by atoms with E-state index >= 15 is 0 Å². The van der Waals surface area contributed by atoms with Crippen LogP contribution in [0.4, 0.5) is 0 Å². The summed E-state index contributed by atoms with van der Waals surface area (Å²) in [5.41, 5.74) is -3.14. The first-order valence-electron chi connectivity index (χ1n) is 32.3. The van der Waals surface area contributed by atoms with Gasteiger partial charge in [-0.05, 0) is 149 Å². The largest absolute Gasteiger partial charge is 0.481 e. The van der Waals surface area contributed by atoms with E-state index in [1.807, 2.05) is 69.2 Å². The van der Waals surface area contributed by atoms with Crippen LogP contribution in [0.1, 0.15) is 256 Å². The molecule has 6 saturated heterocycles. The Bertz CT molecular complexity index is 1950. The van der Waals surface area contributed by atoms with Crippen molar-refractivity contribution in [2.75, 3.05) is 0 Å². The zero-order valence-electron chi connectivity index (χ0n) is 51.8. The fraction of sp³-hybridized carbons (Fsp3) is 0.938. The SMILES string of the molecule is CCCCCCCC/C=C\CCCCCCCC(=O)O[C@H]([C@@H]1CC[C@@](C)([C@]2(O)O[C@](C)([C@H]3CC[C@@](C)(O)[C@H](CC)O3)C[C@H]2C)O1)[C@]1(O)O[C@H](C[C@@]2(O)O[C@@H]([C@@H](C)[C@H](O)C[C@H]3CC[C@H](C)[C@@H]([C@@H](C)C(=O)O)O3)CC[C@@H]2C)[C@@H](C)C[C@H]1C. The van der Waals surface area contributed by atoms with Gasteiger partial charge in [-0.15, -0.1) is 0 Å². The molecule has 6 heterocycles. The number of aliphatic carboxylic acids is 1. The third kappa shape index (κ3) is 16.2. The van der Waals surface area contributed by atoms with Crippen molar-refractivity contribution >= 4 is 11.9 Å². The lowest BCUT2D eigenvalue weighted by atomic mass is 9.76. The van der Waals surface area contributed by atoms with Gasteiger partial charge in [-0.1, -0.05) is 119 Å². The van der Waals surface area contributed by atoms with Crippen LogP contribution in [-0.4, -0.2) is 132 Å². The Balaban J connectivity index is 1.14. The van der Waals surface area contributed by atoms with E-state index in [-0.39, 0.29) is 54.8 Å². The number of carboxylic acids is 1. The number of hydrogen-bond acceptors (Lipinski definition) is 14. The summed E-state index contributed by atoms with van der Waals surface area (Å²) < 4.78 is 46.8. The number of carboxylic acid groups (broad SMARTS) is 1. The number of carbonyl (C=O) groups is 2. The van der Waals surface area contributed by atoms with Crippen molar-refractivity contribution in [1.29, 1.82) is 0 Å². The number of carbonyl (C=O) groups excluding carboxylic acids is 1. The summed E-state index contributed by atoms with van der Waals surface area (Å²) in [4.78, 5) is 26.1. The minimum Gasteiger partial charge on any atom is -0.481 e. The number of aliphatic hydroxyl groups excluding tert-OH is 1. The Morgan fingerprint density at radius 2 is 1.35 bits per heavy atom. The van der Waals surface area contributed by atoms with Crippen molar-refractivity contribution in [1.82, 2.24) is 0 Å². The molecule has 0 amide bonds. The topological polar surface area (TPSA) is 220 Å². The van der Waals surface area contributed by atoms with Crippen LogP contribution in [0.25, 0.3) is 0 Å². The molecule has 0 radical (unpaired) electrons. The number of esters is 1. The monoisotopic (exact) mass is 1130 g/mol. The average Bonchev–Trinajstić information content (AvgIpc) is 4.15. The normalized spacial score (nSPS) is 42.3. The molecule has 6 fully saturated rings. The van der Waals surface area contributed by atoms with Crippen LogP contribution >= 0.6 is 0 Å². The number of allylic oxidation sites excluding steroid dienone is 2. The van der Waals surface area contributed by atoms with Gasteiger partial charge in [-0.3, -0.25) is 9.59 Å². The number of rotatable bonds is 29. The molecule has 6 N–H and O–H groups in total. The Labute approximate surface area is 482 Å². The van der Waals surface area contributed by atoms with E-state index in [1.54, 1.807) is 6.92 Å². The van der Waals surface area contributed by atoms with Crippen LogP contribution < -0.4 is 0 Å². The summed E-state index contributed by atoms with van der Waals surface area (Å²) in [6, 6.07) is 0. The lowest BCUT2D eigenvalue weighted by molar-refractivity contribution is -0.374. The van der Waals surface area contributed by atoms with E-state index < -0.39 is 100 Å². The zero-order chi connectivity index (χ0) is 58.8. The molecule has 0 spiro atoms. The van der Waals surface area contributed by atoms with Gasteiger partial charge in [0.05, 0.1) is 59.8 Å². The fourth-order valence-corrected chi connectivity index (χ4v) is 15.0. The molecule has 0 aromatic carbocycles. The highest BCUT2D eigenvalue weighted by molar-refractivity contribution is 5.70. The van der Waals surface area contributed by atoms with E-state index in [0.717, 1.165) is 44.9 Å². The molecular weight excluding hydrogens is 1020 g/mol. The standard InChI is InChI=1S/C65H114O15/c1-13-15-16-17-18-19-20-21-22-23-24-25-26-27-28-29-56(67)76-58(52-34-37-62(12,77-52)65(73)46(7)40-61(11,80-65)55-35-36-60(10,70)54(14-2)75-55)64(72)45(6)38-43(4)53(79-64)41-63(71)44(5)31-33-51(78-63)47(8)50(66)39-49-32-30-42(3)57(74-49)48(9)59(68)69/h21-22,42-55,57-58,66,70-73H,13-20,23-41H2,1-12H3,(H,68,69)/b22-21-/t42-,43-,44-,45+,46+,47-,48+,49+,50+,51+,52-,53+,54-,55+,57-,58+,60+,61-,62-,63+,64+,65+/m0/s1. The van der Waals surface area contributed by atoms with E-state index in [2.05, 4.69) is 19.1 Å². The molecule has 0 bridgehead atoms. The second-order valence-electron chi connectivity index (χ2n) is 27.6. The van der Waals surface area contributed by atoms with Crippen LogP contribution in [0.2, 0.25) is 0 Å². The van der Waals surface area contributed by atoms with Gasteiger partial charge in [0.25, 0.3) is 0 Å². The van der Waals surface area contributed by atoms with Crippen LogP contribution in [0.15, 0.2) is 12.2 Å². The summed E-state index contributed by atoms with van der Waals surface area (Å²) in [6.45, 7) is 23.3.